The minimum absolute atomic E-state index is 0.117. The summed E-state index contributed by atoms with van der Waals surface area (Å²) in [5.41, 5.74) is 0.532. The maximum absolute atomic E-state index is 11.6. The zero-order valence-corrected chi connectivity index (χ0v) is 15.1. The number of benzene rings is 2. The first-order valence-corrected chi connectivity index (χ1v) is 9.45. The molecule has 0 saturated heterocycles. The molecule has 0 heterocycles. The van der Waals surface area contributed by atoms with Crippen molar-refractivity contribution in [2.45, 2.75) is 17.9 Å². The number of rotatable bonds is 5. The number of nitrogens with zero attached hydrogens (tertiary/aromatic N) is 1. The number of anilines is 1. The number of nitro benzene ring substituents is 1. The quantitative estimate of drug-likeness (QED) is 0.602. The molecule has 1 unspecified atom stereocenters. The summed E-state index contributed by atoms with van der Waals surface area (Å²) < 4.78 is 23.1. The van der Waals surface area contributed by atoms with E-state index in [4.69, 9.17) is 23.2 Å². The van der Waals surface area contributed by atoms with Crippen LogP contribution in [0.4, 0.5) is 11.4 Å². The van der Waals surface area contributed by atoms with E-state index < -0.39 is 14.8 Å². The summed E-state index contributed by atoms with van der Waals surface area (Å²) in [7, 11) is -3.54. The molecule has 9 heteroatoms. The molecule has 1 atom stereocenters. The highest BCUT2D eigenvalue weighted by molar-refractivity contribution is 7.90. The van der Waals surface area contributed by atoms with Gasteiger partial charge in [0.25, 0.3) is 5.69 Å². The predicted molar refractivity (Wildman–Crippen MR) is 94.7 cm³/mol. The lowest BCUT2D eigenvalue weighted by molar-refractivity contribution is -0.384. The van der Waals surface area contributed by atoms with Gasteiger partial charge in [-0.15, -0.1) is 0 Å². The Kier molecular flexibility index (Phi) is 5.37. The molecule has 0 saturated carbocycles. The molecule has 0 fully saturated rings. The van der Waals surface area contributed by atoms with Crippen LogP contribution in [0.2, 0.25) is 10.0 Å². The molecular weight excluding hydrogens is 375 g/mol. The highest BCUT2D eigenvalue weighted by Gasteiger charge is 2.21. The Hall–Kier alpha value is -1.83. The van der Waals surface area contributed by atoms with Crippen LogP contribution in [0.15, 0.2) is 41.3 Å². The second kappa shape index (κ2) is 6.96. The van der Waals surface area contributed by atoms with Gasteiger partial charge in [-0.2, -0.15) is 0 Å². The van der Waals surface area contributed by atoms with Crippen LogP contribution in [-0.4, -0.2) is 19.6 Å². The van der Waals surface area contributed by atoms with Gasteiger partial charge in [0, 0.05) is 12.3 Å². The van der Waals surface area contributed by atoms with E-state index in [1.807, 2.05) is 0 Å². The number of nitro groups is 1. The minimum atomic E-state index is -3.54. The number of sulfone groups is 1. The average molecular weight is 389 g/mol. The van der Waals surface area contributed by atoms with Gasteiger partial charge >= 0.3 is 0 Å². The molecule has 0 aliphatic rings. The van der Waals surface area contributed by atoms with Crippen molar-refractivity contribution in [3.63, 3.8) is 0 Å². The van der Waals surface area contributed by atoms with Crippen LogP contribution in [0.25, 0.3) is 0 Å². The number of hydrogen-bond acceptors (Lipinski definition) is 5. The maximum atomic E-state index is 11.6. The smallest absolute Gasteiger partial charge is 0.293 e. The summed E-state index contributed by atoms with van der Waals surface area (Å²) in [6, 6.07) is 8.46. The normalized spacial score (nSPS) is 12.7. The maximum Gasteiger partial charge on any atom is 0.293 e. The van der Waals surface area contributed by atoms with Crippen LogP contribution in [0, 0.1) is 10.1 Å². The fourth-order valence-electron chi connectivity index (χ4n) is 2.18. The van der Waals surface area contributed by atoms with Crippen LogP contribution in [0.1, 0.15) is 18.5 Å². The predicted octanol–water partition coefficient (Wildman–Crippen LogP) is 4.48. The van der Waals surface area contributed by atoms with E-state index in [1.54, 1.807) is 25.1 Å². The second-order valence-electron chi connectivity index (χ2n) is 5.22. The lowest BCUT2D eigenvalue weighted by Crippen LogP contribution is -2.10. The Morgan fingerprint density at radius 3 is 2.46 bits per heavy atom. The van der Waals surface area contributed by atoms with Gasteiger partial charge in [-0.3, -0.25) is 10.1 Å². The standard InChI is InChI=1S/C15H14Cl2N2O4S/c1-9(11-4-3-5-12(16)15(11)17)18-13-7-6-10(24(2,22)23)8-14(13)19(20)21/h3-9,18H,1-2H3. The van der Waals surface area contributed by atoms with E-state index in [0.717, 1.165) is 12.3 Å². The molecular formula is C15H14Cl2N2O4S. The van der Waals surface area contributed by atoms with E-state index >= 15 is 0 Å². The van der Waals surface area contributed by atoms with E-state index in [2.05, 4.69) is 5.32 Å². The zero-order valence-electron chi connectivity index (χ0n) is 12.8. The Morgan fingerprint density at radius 2 is 1.88 bits per heavy atom. The first kappa shape index (κ1) is 18.5. The molecule has 0 radical (unpaired) electrons. The summed E-state index contributed by atoms with van der Waals surface area (Å²) in [4.78, 5) is 10.5. The van der Waals surface area contributed by atoms with Crippen molar-refractivity contribution in [2.24, 2.45) is 0 Å². The van der Waals surface area contributed by atoms with E-state index in [9.17, 15) is 18.5 Å². The molecule has 2 aromatic carbocycles. The van der Waals surface area contributed by atoms with Crippen LogP contribution < -0.4 is 5.32 Å². The van der Waals surface area contributed by atoms with Gasteiger partial charge < -0.3 is 5.32 Å². The van der Waals surface area contributed by atoms with Gasteiger partial charge in [-0.25, -0.2) is 8.42 Å². The molecule has 0 bridgehead atoms. The highest BCUT2D eigenvalue weighted by atomic mass is 35.5. The number of nitrogens with one attached hydrogen (secondary N) is 1. The molecule has 0 aliphatic carbocycles. The summed E-state index contributed by atoms with van der Waals surface area (Å²) in [5, 5.41) is 15.0. The molecule has 0 amide bonds. The second-order valence-corrected chi connectivity index (χ2v) is 8.02. The van der Waals surface area contributed by atoms with Gasteiger partial charge in [0.2, 0.25) is 0 Å². The lowest BCUT2D eigenvalue weighted by Gasteiger charge is -2.18. The molecule has 128 valence electrons. The summed E-state index contributed by atoms with van der Waals surface area (Å²) >= 11 is 12.1. The molecule has 0 spiro atoms. The minimum Gasteiger partial charge on any atom is -0.373 e. The van der Waals surface area contributed by atoms with Crippen molar-refractivity contribution >= 4 is 44.4 Å². The van der Waals surface area contributed by atoms with Crippen LogP contribution in [0.3, 0.4) is 0 Å². The monoisotopic (exact) mass is 388 g/mol. The summed E-state index contributed by atoms with van der Waals surface area (Å²) in [6.07, 6.45) is 0.994. The molecule has 24 heavy (non-hydrogen) atoms. The van der Waals surface area contributed by atoms with E-state index in [0.29, 0.717) is 15.6 Å². The van der Waals surface area contributed by atoms with Crippen molar-refractivity contribution in [1.29, 1.82) is 0 Å². The van der Waals surface area contributed by atoms with Crippen molar-refractivity contribution in [3.8, 4) is 0 Å². The van der Waals surface area contributed by atoms with Gasteiger partial charge in [0.1, 0.15) is 5.69 Å². The third-order valence-electron chi connectivity index (χ3n) is 3.41. The SMILES string of the molecule is CC(Nc1ccc(S(C)(=O)=O)cc1[N+](=O)[O-])c1cccc(Cl)c1Cl. The highest BCUT2D eigenvalue weighted by Crippen LogP contribution is 2.34. The van der Waals surface area contributed by atoms with Gasteiger partial charge in [0.15, 0.2) is 9.84 Å². The van der Waals surface area contributed by atoms with Crippen LogP contribution in [0.5, 0.6) is 0 Å². The third-order valence-corrected chi connectivity index (χ3v) is 5.36. The van der Waals surface area contributed by atoms with Gasteiger partial charge in [-0.05, 0) is 30.7 Å². The van der Waals surface area contributed by atoms with E-state index in [1.165, 1.54) is 12.1 Å². The lowest BCUT2D eigenvalue weighted by atomic mass is 10.1. The fraction of sp³-hybridized carbons (Fsp3) is 0.200. The topological polar surface area (TPSA) is 89.3 Å². The number of halogens is 2. The Labute approximate surface area is 149 Å². The van der Waals surface area contributed by atoms with Gasteiger partial charge in [0.05, 0.1) is 25.9 Å². The molecule has 1 N–H and O–H groups in total. The van der Waals surface area contributed by atoms with Crippen LogP contribution >= 0.6 is 23.2 Å². The molecule has 2 aromatic rings. The number of hydrogen-bond donors (Lipinski definition) is 1. The van der Waals surface area contributed by atoms with Crippen molar-refractivity contribution in [2.75, 3.05) is 11.6 Å². The largest absolute Gasteiger partial charge is 0.373 e. The third kappa shape index (κ3) is 3.98. The van der Waals surface area contributed by atoms with Crippen LogP contribution in [-0.2, 0) is 9.84 Å². The first-order valence-electron chi connectivity index (χ1n) is 6.80. The summed E-state index contributed by atoms with van der Waals surface area (Å²) in [5.74, 6) is 0. The Morgan fingerprint density at radius 1 is 1.21 bits per heavy atom. The fourth-order valence-corrected chi connectivity index (χ4v) is 3.29. The molecule has 6 nitrogen and oxygen atoms in total. The zero-order chi connectivity index (χ0) is 18.1. The van der Waals surface area contributed by atoms with E-state index in [-0.39, 0.29) is 22.3 Å². The Balaban J connectivity index is 2.42. The van der Waals surface area contributed by atoms with Crippen molar-refractivity contribution in [3.05, 3.63) is 62.1 Å². The van der Waals surface area contributed by atoms with Crippen molar-refractivity contribution < 1.29 is 13.3 Å². The molecule has 0 aromatic heterocycles. The Bertz CT molecular complexity index is 900. The van der Waals surface area contributed by atoms with Crippen molar-refractivity contribution in [1.82, 2.24) is 0 Å². The molecule has 0 aliphatic heterocycles. The molecule has 2 rings (SSSR count). The van der Waals surface area contributed by atoms with Gasteiger partial charge in [-0.1, -0.05) is 35.3 Å². The first-order chi connectivity index (χ1) is 11.1. The summed E-state index contributed by atoms with van der Waals surface area (Å²) in [6.45, 7) is 1.77. The average Bonchev–Trinajstić information content (AvgIpc) is 2.49.